The summed E-state index contributed by atoms with van der Waals surface area (Å²) in [6.07, 6.45) is 0. The molecule has 1 heterocycles. The number of aryl methyl sites for hydroxylation is 1. The Labute approximate surface area is 131 Å². The summed E-state index contributed by atoms with van der Waals surface area (Å²) in [7, 11) is 0. The first-order valence-corrected chi connectivity index (χ1v) is 7.58. The zero-order chi connectivity index (χ0) is 14.0. The Hall–Kier alpha value is -0.610. The van der Waals surface area contributed by atoms with Gasteiger partial charge in [0, 0.05) is 32.6 Å². The average Bonchev–Trinajstić information content (AvgIpc) is 2.32. The fourth-order valence-electron chi connectivity index (χ4n) is 1.53. The van der Waals surface area contributed by atoms with E-state index in [1.807, 2.05) is 13.0 Å². The van der Waals surface area contributed by atoms with Crippen LogP contribution in [-0.4, -0.2) is 4.98 Å². The zero-order valence-corrected chi connectivity index (χ0v) is 13.2. The van der Waals surface area contributed by atoms with E-state index in [-0.39, 0.29) is 0 Å². The second-order valence-corrected chi connectivity index (χ2v) is 6.18. The predicted molar refractivity (Wildman–Crippen MR) is 84.4 cm³/mol. The number of rotatable bonds is 3. The minimum atomic E-state index is 0.428. The molecule has 0 bridgehead atoms. The van der Waals surface area contributed by atoms with Gasteiger partial charge < -0.3 is 5.73 Å². The zero-order valence-electron chi connectivity index (χ0n) is 10.1. The fraction of sp³-hybridized carbons (Fsp3) is 0.154. The van der Waals surface area contributed by atoms with Gasteiger partial charge in [-0.1, -0.05) is 34.8 Å². The molecule has 0 aliphatic heterocycles. The molecule has 0 aliphatic rings. The number of pyridine rings is 1. The molecule has 19 heavy (non-hydrogen) atoms. The number of anilines is 1. The van der Waals surface area contributed by atoms with Gasteiger partial charge in [-0.25, -0.2) is 4.98 Å². The van der Waals surface area contributed by atoms with Gasteiger partial charge in [0.15, 0.2) is 0 Å². The topological polar surface area (TPSA) is 38.9 Å². The maximum Gasteiger partial charge on any atom is 0.134 e. The molecular weight excluding hydrogens is 323 g/mol. The number of nitrogen functional groups attached to an aromatic ring is 1. The van der Waals surface area contributed by atoms with E-state index in [9.17, 15) is 0 Å². The van der Waals surface area contributed by atoms with E-state index in [1.165, 1.54) is 11.8 Å². The fourth-order valence-corrected chi connectivity index (χ4v) is 3.65. The van der Waals surface area contributed by atoms with Crippen LogP contribution in [0.15, 0.2) is 29.2 Å². The lowest BCUT2D eigenvalue weighted by atomic mass is 10.3. The lowest BCUT2D eigenvalue weighted by Gasteiger charge is -2.09. The number of aromatic nitrogens is 1. The minimum Gasteiger partial charge on any atom is -0.399 e. The van der Waals surface area contributed by atoms with Gasteiger partial charge in [0.05, 0.1) is 5.02 Å². The quantitative estimate of drug-likeness (QED) is 0.475. The maximum atomic E-state index is 6.18. The van der Waals surface area contributed by atoms with E-state index in [1.54, 1.807) is 18.2 Å². The molecule has 0 saturated heterocycles. The highest BCUT2D eigenvalue weighted by atomic mass is 35.5. The van der Waals surface area contributed by atoms with Crippen molar-refractivity contribution in [2.75, 3.05) is 5.73 Å². The summed E-state index contributed by atoms with van der Waals surface area (Å²) < 4.78 is 0. The van der Waals surface area contributed by atoms with Gasteiger partial charge in [0.25, 0.3) is 0 Å². The SMILES string of the molecule is Cc1cc(Cl)c(CSc2cc(N)ccc2Cl)c(Cl)n1. The van der Waals surface area contributed by atoms with Gasteiger partial charge in [-0.15, -0.1) is 11.8 Å². The van der Waals surface area contributed by atoms with Crippen LogP contribution in [-0.2, 0) is 5.75 Å². The molecule has 0 amide bonds. The maximum absolute atomic E-state index is 6.18. The molecule has 0 aliphatic carbocycles. The molecular formula is C13H11Cl3N2S. The van der Waals surface area contributed by atoms with Crippen LogP contribution in [0.1, 0.15) is 11.3 Å². The molecule has 0 spiro atoms. The Morgan fingerprint density at radius 3 is 2.58 bits per heavy atom. The molecule has 0 fully saturated rings. The van der Waals surface area contributed by atoms with Crippen molar-refractivity contribution < 1.29 is 0 Å². The van der Waals surface area contributed by atoms with Crippen LogP contribution in [0.5, 0.6) is 0 Å². The number of halogens is 3. The van der Waals surface area contributed by atoms with Gasteiger partial charge in [-0.3, -0.25) is 0 Å². The monoisotopic (exact) mass is 332 g/mol. The molecule has 2 aromatic rings. The van der Waals surface area contributed by atoms with Gasteiger partial charge >= 0.3 is 0 Å². The van der Waals surface area contributed by atoms with Crippen LogP contribution in [0.2, 0.25) is 15.2 Å². The first-order chi connectivity index (χ1) is 8.97. The largest absolute Gasteiger partial charge is 0.399 e. The van der Waals surface area contributed by atoms with E-state index in [0.29, 0.717) is 26.6 Å². The number of nitrogens with two attached hydrogens (primary N) is 1. The van der Waals surface area contributed by atoms with E-state index in [4.69, 9.17) is 40.5 Å². The predicted octanol–water partition coefficient (Wildman–Crippen LogP) is 5.22. The lowest BCUT2D eigenvalue weighted by molar-refractivity contribution is 1.16. The molecule has 2 nitrogen and oxygen atoms in total. The standard InChI is InChI=1S/C13H11Cl3N2S/c1-7-4-11(15)9(13(16)18-7)6-19-12-5-8(17)2-3-10(12)14/h2-5H,6,17H2,1H3. The smallest absolute Gasteiger partial charge is 0.134 e. The molecule has 1 aromatic heterocycles. The highest BCUT2D eigenvalue weighted by molar-refractivity contribution is 7.98. The number of nitrogens with zero attached hydrogens (tertiary/aromatic N) is 1. The molecule has 0 saturated carbocycles. The van der Waals surface area contributed by atoms with Gasteiger partial charge in [-0.05, 0) is 31.2 Å². The first-order valence-electron chi connectivity index (χ1n) is 5.46. The Bertz CT molecular complexity index is 594. The van der Waals surface area contributed by atoms with Crippen molar-refractivity contribution in [1.82, 2.24) is 4.98 Å². The Morgan fingerprint density at radius 1 is 1.16 bits per heavy atom. The van der Waals surface area contributed by atoms with E-state index < -0.39 is 0 Å². The van der Waals surface area contributed by atoms with Crippen LogP contribution in [0, 0.1) is 6.92 Å². The normalized spacial score (nSPS) is 10.7. The van der Waals surface area contributed by atoms with Gasteiger partial charge in [0.2, 0.25) is 0 Å². The number of benzene rings is 1. The van der Waals surface area contributed by atoms with Crippen molar-refractivity contribution in [1.29, 1.82) is 0 Å². The third-order valence-electron chi connectivity index (χ3n) is 2.47. The summed E-state index contributed by atoms with van der Waals surface area (Å²) in [4.78, 5) is 5.09. The van der Waals surface area contributed by atoms with Gasteiger partial charge in [0.1, 0.15) is 5.15 Å². The van der Waals surface area contributed by atoms with Crippen LogP contribution in [0.3, 0.4) is 0 Å². The van der Waals surface area contributed by atoms with Crippen LogP contribution in [0.25, 0.3) is 0 Å². The van der Waals surface area contributed by atoms with Crippen LogP contribution >= 0.6 is 46.6 Å². The molecule has 0 atom stereocenters. The summed E-state index contributed by atoms with van der Waals surface area (Å²) in [5.74, 6) is 0.591. The van der Waals surface area contributed by atoms with Crippen molar-refractivity contribution >= 4 is 52.3 Å². The first kappa shape index (κ1) is 14.8. The van der Waals surface area contributed by atoms with E-state index in [2.05, 4.69) is 4.98 Å². The molecule has 0 unspecified atom stereocenters. The summed E-state index contributed by atoms with van der Waals surface area (Å²) >= 11 is 19.9. The van der Waals surface area contributed by atoms with Crippen molar-refractivity contribution in [3.05, 3.63) is 50.7 Å². The number of thioether (sulfide) groups is 1. The number of hydrogen-bond donors (Lipinski definition) is 1. The number of hydrogen-bond acceptors (Lipinski definition) is 3. The second-order valence-electron chi connectivity index (χ2n) is 3.99. The lowest BCUT2D eigenvalue weighted by Crippen LogP contribution is -1.92. The molecule has 1 aromatic carbocycles. The Balaban J connectivity index is 2.21. The summed E-state index contributed by atoms with van der Waals surface area (Å²) in [6, 6.07) is 7.16. The van der Waals surface area contributed by atoms with Crippen LogP contribution in [0.4, 0.5) is 5.69 Å². The van der Waals surface area contributed by atoms with Crippen LogP contribution < -0.4 is 5.73 Å². The van der Waals surface area contributed by atoms with Crippen molar-refractivity contribution in [2.24, 2.45) is 0 Å². The Morgan fingerprint density at radius 2 is 1.89 bits per heavy atom. The van der Waals surface area contributed by atoms with Crippen molar-refractivity contribution in [2.45, 2.75) is 17.6 Å². The molecule has 2 N–H and O–H groups in total. The highest BCUT2D eigenvalue weighted by Crippen LogP contribution is 2.35. The molecule has 2 rings (SSSR count). The molecule has 6 heteroatoms. The molecule has 100 valence electrons. The summed E-state index contributed by atoms with van der Waals surface area (Å²) in [6.45, 7) is 1.85. The average molecular weight is 334 g/mol. The van der Waals surface area contributed by atoms with E-state index in [0.717, 1.165) is 16.2 Å². The summed E-state index contributed by atoms with van der Waals surface area (Å²) in [5, 5.41) is 1.70. The third kappa shape index (κ3) is 3.69. The minimum absolute atomic E-state index is 0.428. The highest BCUT2D eigenvalue weighted by Gasteiger charge is 2.10. The van der Waals surface area contributed by atoms with Crippen molar-refractivity contribution in [3.8, 4) is 0 Å². The third-order valence-corrected chi connectivity index (χ3v) is 4.65. The van der Waals surface area contributed by atoms with Gasteiger partial charge in [-0.2, -0.15) is 0 Å². The molecule has 0 radical (unpaired) electrons. The summed E-state index contributed by atoms with van der Waals surface area (Å²) in [5.41, 5.74) is 8.01. The second kappa shape index (κ2) is 6.23. The van der Waals surface area contributed by atoms with Crippen molar-refractivity contribution in [3.63, 3.8) is 0 Å². The van der Waals surface area contributed by atoms with E-state index >= 15 is 0 Å². The Kier molecular flexibility index (Phi) is 4.85.